The number of amides is 1. The van der Waals surface area contributed by atoms with Crippen LogP contribution in [0.15, 0.2) is 6.07 Å². The predicted octanol–water partition coefficient (Wildman–Crippen LogP) is 1.21. The van der Waals surface area contributed by atoms with Crippen molar-refractivity contribution in [3.05, 3.63) is 11.8 Å². The fourth-order valence-electron chi connectivity index (χ4n) is 1.38. The fourth-order valence-corrected chi connectivity index (χ4v) is 1.38. The summed E-state index contributed by atoms with van der Waals surface area (Å²) in [6, 6.07) is 0.344. The molecule has 0 aliphatic heterocycles. The summed E-state index contributed by atoms with van der Waals surface area (Å²) in [6.45, 7) is 1.61. The van der Waals surface area contributed by atoms with E-state index in [9.17, 15) is 18.0 Å². The molecule has 0 saturated carbocycles. The molecule has 1 atom stereocenters. The Morgan fingerprint density at radius 2 is 2.11 bits per heavy atom. The van der Waals surface area contributed by atoms with Crippen LogP contribution in [-0.4, -0.2) is 29.0 Å². The predicted molar refractivity (Wildman–Crippen MR) is 63.5 cm³/mol. The van der Waals surface area contributed by atoms with Crippen molar-refractivity contribution in [3.63, 3.8) is 0 Å². The van der Waals surface area contributed by atoms with Gasteiger partial charge < -0.3 is 16.4 Å². The minimum absolute atomic E-state index is 0.0136. The lowest BCUT2D eigenvalue weighted by Gasteiger charge is -2.15. The molecule has 0 aliphatic carbocycles. The van der Waals surface area contributed by atoms with Gasteiger partial charge in [0.25, 0.3) is 0 Å². The molecular formula is C10H14F3N5O. The highest BCUT2D eigenvalue weighted by Crippen LogP contribution is 2.29. The van der Waals surface area contributed by atoms with Gasteiger partial charge in [-0.15, -0.1) is 0 Å². The quantitative estimate of drug-likeness (QED) is 0.752. The van der Waals surface area contributed by atoms with E-state index in [1.54, 1.807) is 6.92 Å². The maximum atomic E-state index is 12.6. The largest absolute Gasteiger partial charge is 0.433 e. The Hall–Kier alpha value is -2.06. The molecule has 0 aromatic carbocycles. The van der Waals surface area contributed by atoms with Crippen LogP contribution in [0.25, 0.3) is 0 Å². The van der Waals surface area contributed by atoms with Crippen LogP contribution in [0, 0.1) is 0 Å². The van der Waals surface area contributed by atoms with Crippen LogP contribution in [0.5, 0.6) is 0 Å². The minimum Gasteiger partial charge on any atom is -0.370 e. The van der Waals surface area contributed by atoms with E-state index in [0.717, 1.165) is 6.07 Å². The highest BCUT2D eigenvalue weighted by atomic mass is 19.4. The second-order valence-electron chi connectivity index (χ2n) is 3.93. The Bertz CT molecular complexity index is 463. The van der Waals surface area contributed by atoms with Crippen LogP contribution in [0.2, 0.25) is 0 Å². The van der Waals surface area contributed by atoms with E-state index in [1.807, 2.05) is 0 Å². The molecule has 106 valence electrons. The Kier molecular flexibility index (Phi) is 4.52. The summed E-state index contributed by atoms with van der Waals surface area (Å²) >= 11 is 0. The second kappa shape index (κ2) is 5.72. The van der Waals surface area contributed by atoms with Crippen molar-refractivity contribution in [3.8, 4) is 0 Å². The average Bonchev–Trinajstić information content (AvgIpc) is 2.25. The normalized spacial score (nSPS) is 12.9. The van der Waals surface area contributed by atoms with Crippen LogP contribution < -0.4 is 16.4 Å². The van der Waals surface area contributed by atoms with Gasteiger partial charge in [-0.25, -0.2) is 4.98 Å². The Morgan fingerprint density at radius 1 is 1.47 bits per heavy atom. The number of hydrogen-bond donors (Lipinski definition) is 3. The molecule has 1 heterocycles. The topological polar surface area (TPSA) is 92.9 Å². The number of alkyl halides is 3. The van der Waals surface area contributed by atoms with Gasteiger partial charge in [0.2, 0.25) is 11.9 Å². The van der Waals surface area contributed by atoms with E-state index >= 15 is 0 Å². The number of carbonyl (C=O) groups excluding carboxylic acids is 1. The molecule has 1 aromatic rings. The number of nitrogens with zero attached hydrogens (tertiary/aromatic N) is 2. The highest BCUT2D eigenvalue weighted by molar-refractivity contribution is 5.74. The van der Waals surface area contributed by atoms with Gasteiger partial charge >= 0.3 is 6.18 Å². The molecule has 6 nitrogen and oxygen atoms in total. The Morgan fingerprint density at radius 3 is 2.58 bits per heavy atom. The van der Waals surface area contributed by atoms with E-state index in [0.29, 0.717) is 0 Å². The summed E-state index contributed by atoms with van der Waals surface area (Å²) in [5.41, 5.74) is 3.93. The summed E-state index contributed by atoms with van der Waals surface area (Å²) in [7, 11) is 1.41. The van der Waals surface area contributed by atoms with Gasteiger partial charge in [-0.1, -0.05) is 0 Å². The van der Waals surface area contributed by atoms with E-state index in [1.165, 1.54) is 7.05 Å². The third kappa shape index (κ3) is 4.60. The van der Waals surface area contributed by atoms with Crippen molar-refractivity contribution in [2.24, 2.45) is 5.73 Å². The number of rotatable bonds is 5. The van der Waals surface area contributed by atoms with Gasteiger partial charge in [0, 0.05) is 25.6 Å². The van der Waals surface area contributed by atoms with Crippen molar-refractivity contribution in [1.82, 2.24) is 9.97 Å². The third-order valence-corrected chi connectivity index (χ3v) is 2.14. The van der Waals surface area contributed by atoms with E-state index < -0.39 is 23.8 Å². The first-order chi connectivity index (χ1) is 8.72. The van der Waals surface area contributed by atoms with Crippen LogP contribution in [0.3, 0.4) is 0 Å². The van der Waals surface area contributed by atoms with E-state index in [4.69, 9.17) is 5.73 Å². The standard InChI is InChI=1S/C10H14F3N5O/c1-5(3-7(14)19)16-8-4-6(10(11,12)13)17-9(15-2)18-8/h4-5H,3H2,1-2H3,(H2,14,19)(H2,15,16,17,18). The van der Waals surface area contributed by atoms with Crippen LogP contribution in [0.4, 0.5) is 24.9 Å². The minimum atomic E-state index is -4.57. The molecule has 9 heteroatoms. The van der Waals surface area contributed by atoms with Crippen LogP contribution in [0.1, 0.15) is 19.0 Å². The van der Waals surface area contributed by atoms with Gasteiger partial charge in [-0.3, -0.25) is 4.79 Å². The fraction of sp³-hybridized carbons (Fsp3) is 0.500. The van der Waals surface area contributed by atoms with Crippen molar-refractivity contribution in [2.75, 3.05) is 17.7 Å². The van der Waals surface area contributed by atoms with E-state index in [2.05, 4.69) is 20.6 Å². The molecule has 0 aliphatic rings. The molecule has 1 amide bonds. The SMILES string of the molecule is CNc1nc(NC(C)CC(N)=O)cc(C(F)(F)F)n1. The number of anilines is 2. The Labute approximate surface area is 107 Å². The molecule has 0 radical (unpaired) electrons. The number of halogens is 3. The summed E-state index contributed by atoms with van der Waals surface area (Å²) in [4.78, 5) is 17.8. The summed E-state index contributed by atoms with van der Waals surface area (Å²) in [5, 5.41) is 5.11. The number of nitrogens with two attached hydrogens (primary N) is 1. The molecule has 4 N–H and O–H groups in total. The smallest absolute Gasteiger partial charge is 0.370 e. The number of carbonyl (C=O) groups is 1. The average molecular weight is 277 g/mol. The number of hydrogen-bond acceptors (Lipinski definition) is 5. The number of nitrogens with one attached hydrogen (secondary N) is 2. The van der Waals surface area contributed by atoms with E-state index in [-0.39, 0.29) is 18.2 Å². The van der Waals surface area contributed by atoms with Crippen LogP contribution in [-0.2, 0) is 11.0 Å². The zero-order valence-corrected chi connectivity index (χ0v) is 10.4. The summed E-state index contributed by atoms with van der Waals surface area (Å²) in [5.74, 6) is -0.747. The van der Waals surface area contributed by atoms with Crippen molar-refractivity contribution in [1.29, 1.82) is 0 Å². The van der Waals surface area contributed by atoms with Gasteiger partial charge in [0.05, 0.1) is 0 Å². The first-order valence-corrected chi connectivity index (χ1v) is 5.41. The first-order valence-electron chi connectivity index (χ1n) is 5.41. The lowest BCUT2D eigenvalue weighted by molar-refractivity contribution is -0.141. The molecule has 1 unspecified atom stereocenters. The summed E-state index contributed by atoms with van der Waals surface area (Å²) < 4.78 is 37.8. The Balaban J connectivity index is 2.97. The molecule has 0 fully saturated rings. The molecule has 19 heavy (non-hydrogen) atoms. The van der Waals surface area contributed by atoms with Gasteiger partial charge in [-0.05, 0) is 6.92 Å². The van der Waals surface area contributed by atoms with Crippen molar-refractivity contribution in [2.45, 2.75) is 25.6 Å². The third-order valence-electron chi connectivity index (χ3n) is 2.14. The molecule has 1 aromatic heterocycles. The van der Waals surface area contributed by atoms with Gasteiger partial charge in [0.1, 0.15) is 5.82 Å². The van der Waals surface area contributed by atoms with Gasteiger partial charge in [0.15, 0.2) is 5.69 Å². The monoisotopic (exact) mass is 277 g/mol. The molecule has 1 rings (SSSR count). The van der Waals surface area contributed by atoms with Crippen molar-refractivity contribution < 1.29 is 18.0 Å². The molecule has 0 bridgehead atoms. The zero-order chi connectivity index (χ0) is 14.6. The first kappa shape index (κ1) is 15.0. The maximum absolute atomic E-state index is 12.6. The maximum Gasteiger partial charge on any atom is 0.433 e. The van der Waals surface area contributed by atoms with Crippen molar-refractivity contribution >= 4 is 17.7 Å². The van der Waals surface area contributed by atoms with Gasteiger partial charge in [-0.2, -0.15) is 18.2 Å². The lowest BCUT2D eigenvalue weighted by atomic mass is 10.2. The molecule has 0 saturated heterocycles. The molecule has 0 spiro atoms. The number of aromatic nitrogens is 2. The second-order valence-corrected chi connectivity index (χ2v) is 3.93. The number of primary amides is 1. The highest BCUT2D eigenvalue weighted by Gasteiger charge is 2.33. The van der Waals surface area contributed by atoms with Crippen LogP contribution >= 0.6 is 0 Å². The lowest BCUT2D eigenvalue weighted by Crippen LogP contribution is -2.25. The molecular weight excluding hydrogens is 263 g/mol. The zero-order valence-electron chi connectivity index (χ0n) is 10.4. The summed E-state index contributed by atoms with van der Waals surface area (Å²) in [6.07, 6.45) is -4.59.